The molecule has 1 atom stereocenters. The first-order valence-corrected chi connectivity index (χ1v) is 7.12. The quantitative estimate of drug-likeness (QED) is 0.797. The van der Waals surface area contributed by atoms with Gasteiger partial charge in [0.25, 0.3) is 5.88 Å². The molecule has 0 unspecified atom stereocenters. The molecule has 0 radical (unpaired) electrons. The van der Waals surface area contributed by atoms with E-state index in [2.05, 4.69) is 23.9 Å². The second-order valence-corrected chi connectivity index (χ2v) is 5.04. The van der Waals surface area contributed by atoms with Crippen LogP contribution in [-0.2, 0) is 7.05 Å². The van der Waals surface area contributed by atoms with Gasteiger partial charge in [-0.1, -0.05) is 26.7 Å². The molecule has 0 fully saturated rings. The van der Waals surface area contributed by atoms with Crippen LogP contribution >= 0.6 is 0 Å². The average Bonchev–Trinajstić information content (AvgIpc) is 2.70. The van der Waals surface area contributed by atoms with Crippen molar-refractivity contribution in [3.8, 4) is 5.88 Å². The standard InChI is InChI=1S/C15H23N3O/c1-5-7-8-12(6-2)19-15-14-13(18(4)17-15)10-9-11(3)16-14/h9-10,12H,5-8H2,1-4H3/t12-/m1/s1. The number of aromatic nitrogens is 3. The van der Waals surface area contributed by atoms with Crippen molar-refractivity contribution in [1.29, 1.82) is 0 Å². The van der Waals surface area contributed by atoms with Gasteiger partial charge in [-0.25, -0.2) is 4.98 Å². The molecule has 0 amide bonds. The predicted molar refractivity (Wildman–Crippen MR) is 77.5 cm³/mol. The Bertz CT molecular complexity index is 548. The number of hydrogen-bond donors (Lipinski definition) is 0. The first-order chi connectivity index (χ1) is 9.15. The van der Waals surface area contributed by atoms with E-state index in [1.54, 1.807) is 0 Å². The summed E-state index contributed by atoms with van der Waals surface area (Å²) in [6.45, 7) is 6.35. The van der Waals surface area contributed by atoms with E-state index in [1.165, 1.54) is 12.8 Å². The largest absolute Gasteiger partial charge is 0.472 e. The highest BCUT2D eigenvalue weighted by atomic mass is 16.5. The Morgan fingerprint density at radius 3 is 2.79 bits per heavy atom. The molecule has 2 aromatic rings. The van der Waals surface area contributed by atoms with E-state index >= 15 is 0 Å². The van der Waals surface area contributed by atoms with Crippen LogP contribution in [0.15, 0.2) is 12.1 Å². The average molecular weight is 261 g/mol. The topological polar surface area (TPSA) is 39.9 Å². The zero-order chi connectivity index (χ0) is 13.8. The summed E-state index contributed by atoms with van der Waals surface area (Å²) in [5.41, 5.74) is 2.88. The normalized spacial score (nSPS) is 12.8. The van der Waals surface area contributed by atoms with E-state index in [0.29, 0.717) is 5.88 Å². The van der Waals surface area contributed by atoms with Crippen molar-refractivity contribution in [2.45, 2.75) is 52.6 Å². The maximum Gasteiger partial charge on any atom is 0.259 e. The third-order valence-electron chi connectivity index (χ3n) is 3.42. The van der Waals surface area contributed by atoms with E-state index in [9.17, 15) is 0 Å². The van der Waals surface area contributed by atoms with Crippen molar-refractivity contribution in [3.05, 3.63) is 17.8 Å². The zero-order valence-electron chi connectivity index (χ0n) is 12.3. The number of hydrogen-bond acceptors (Lipinski definition) is 3. The van der Waals surface area contributed by atoms with Gasteiger partial charge < -0.3 is 4.74 Å². The van der Waals surface area contributed by atoms with Gasteiger partial charge in [0, 0.05) is 12.7 Å². The van der Waals surface area contributed by atoms with Gasteiger partial charge in [-0.05, 0) is 31.9 Å². The van der Waals surface area contributed by atoms with Crippen molar-refractivity contribution in [3.63, 3.8) is 0 Å². The monoisotopic (exact) mass is 261 g/mol. The highest BCUT2D eigenvalue weighted by Crippen LogP contribution is 2.25. The van der Waals surface area contributed by atoms with Crippen molar-refractivity contribution < 1.29 is 4.74 Å². The predicted octanol–water partition coefficient (Wildman–Crippen LogP) is 3.62. The summed E-state index contributed by atoms with van der Waals surface area (Å²) in [6, 6.07) is 4.05. The molecule has 0 saturated carbocycles. The molecular formula is C15H23N3O. The van der Waals surface area contributed by atoms with E-state index < -0.39 is 0 Å². The minimum absolute atomic E-state index is 0.236. The van der Waals surface area contributed by atoms with E-state index in [4.69, 9.17) is 4.74 Å². The van der Waals surface area contributed by atoms with Gasteiger partial charge in [0.2, 0.25) is 0 Å². The van der Waals surface area contributed by atoms with Crippen molar-refractivity contribution in [1.82, 2.24) is 14.8 Å². The summed E-state index contributed by atoms with van der Waals surface area (Å²) in [4.78, 5) is 4.56. The molecule has 4 nitrogen and oxygen atoms in total. The van der Waals surface area contributed by atoms with Crippen LogP contribution in [0.4, 0.5) is 0 Å². The summed E-state index contributed by atoms with van der Waals surface area (Å²) < 4.78 is 7.90. The second-order valence-electron chi connectivity index (χ2n) is 5.04. The highest BCUT2D eigenvalue weighted by molar-refractivity contribution is 5.80. The van der Waals surface area contributed by atoms with Crippen LogP contribution in [0.1, 0.15) is 45.2 Å². The third kappa shape index (κ3) is 3.06. The van der Waals surface area contributed by atoms with Gasteiger partial charge in [-0.3, -0.25) is 4.68 Å². The summed E-state index contributed by atoms with van der Waals surface area (Å²) in [6.07, 6.45) is 4.71. The van der Waals surface area contributed by atoms with Crippen LogP contribution in [-0.4, -0.2) is 20.9 Å². The molecule has 4 heteroatoms. The molecule has 0 aromatic carbocycles. The molecule has 104 valence electrons. The summed E-state index contributed by atoms with van der Waals surface area (Å²) in [5, 5.41) is 4.46. The van der Waals surface area contributed by atoms with Gasteiger partial charge >= 0.3 is 0 Å². The van der Waals surface area contributed by atoms with Crippen LogP contribution in [0.5, 0.6) is 5.88 Å². The molecule has 0 aliphatic rings. The van der Waals surface area contributed by atoms with Crippen LogP contribution in [0, 0.1) is 6.92 Å². The molecule has 2 aromatic heterocycles. The van der Waals surface area contributed by atoms with Gasteiger partial charge in [0.05, 0.1) is 5.52 Å². The second kappa shape index (κ2) is 6.04. The summed E-state index contributed by atoms with van der Waals surface area (Å²) in [5.74, 6) is 0.671. The van der Waals surface area contributed by atoms with Crippen LogP contribution in [0.2, 0.25) is 0 Å². The summed E-state index contributed by atoms with van der Waals surface area (Å²) in [7, 11) is 1.93. The van der Waals surface area contributed by atoms with Crippen molar-refractivity contribution in [2.24, 2.45) is 7.05 Å². The smallest absolute Gasteiger partial charge is 0.259 e. The summed E-state index contributed by atoms with van der Waals surface area (Å²) >= 11 is 0. The molecule has 2 rings (SSSR count). The fourth-order valence-corrected chi connectivity index (χ4v) is 2.22. The van der Waals surface area contributed by atoms with Crippen molar-refractivity contribution in [2.75, 3.05) is 0 Å². The molecular weight excluding hydrogens is 238 g/mol. The Morgan fingerprint density at radius 2 is 2.11 bits per heavy atom. The van der Waals surface area contributed by atoms with Gasteiger partial charge in [0.1, 0.15) is 6.10 Å². The minimum Gasteiger partial charge on any atom is -0.472 e. The number of fused-ring (bicyclic) bond motifs is 1. The zero-order valence-corrected chi connectivity index (χ0v) is 12.3. The fraction of sp³-hybridized carbons (Fsp3) is 0.600. The number of nitrogens with zero attached hydrogens (tertiary/aromatic N) is 3. The fourth-order valence-electron chi connectivity index (χ4n) is 2.22. The Balaban J connectivity index is 2.26. The number of rotatable bonds is 6. The minimum atomic E-state index is 0.236. The molecule has 0 bridgehead atoms. The van der Waals surface area contributed by atoms with Crippen LogP contribution < -0.4 is 4.74 Å². The molecule has 0 N–H and O–H groups in total. The Kier molecular flexibility index (Phi) is 4.40. The maximum atomic E-state index is 6.06. The number of pyridine rings is 1. The Labute approximate surface area is 114 Å². The number of ether oxygens (including phenoxy) is 1. The van der Waals surface area contributed by atoms with Gasteiger partial charge in [-0.2, -0.15) is 0 Å². The molecule has 19 heavy (non-hydrogen) atoms. The Hall–Kier alpha value is -1.58. The van der Waals surface area contributed by atoms with Gasteiger partial charge in [0.15, 0.2) is 5.52 Å². The van der Waals surface area contributed by atoms with Gasteiger partial charge in [-0.15, -0.1) is 5.10 Å². The first-order valence-electron chi connectivity index (χ1n) is 7.12. The number of aryl methyl sites for hydroxylation is 2. The highest BCUT2D eigenvalue weighted by Gasteiger charge is 2.15. The van der Waals surface area contributed by atoms with E-state index in [-0.39, 0.29) is 6.10 Å². The van der Waals surface area contributed by atoms with E-state index in [1.807, 2.05) is 30.8 Å². The SMILES string of the molecule is CCCC[C@@H](CC)Oc1nn(C)c2ccc(C)nc12. The first kappa shape index (κ1) is 13.8. The maximum absolute atomic E-state index is 6.06. The lowest BCUT2D eigenvalue weighted by Gasteiger charge is -2.15. The van der Waals surface area contributed by atoms with Crippen LogP contribution in [0.3, 0.4) is 0 Å². The molecule has 0 spiro atoms. The van der Waals surface area contributed by atoms with Crippen LogP contribution in [0.25, 0.3) is 11.0 Å². The molecule has 0 aliphatic heterocycles. The lowest BCUT2D eigenvalue weighted by atomic mass is 10.1. The molecule has 0 aliphatic carbocycles. The number of unbranched alkanes of at least 4 members (excludes halogenated alkanes) is 1. The molecule has 2 heterocycles. The lowest BCUT2D eigenvalue weighted by Crippen LogP contribution is -2.15. The molecule has 0 saturated heterocycles. The lowest BCUT2D eigenvalue weighted by molar-refractivity contribution is 0.176. The Morgan fingerprint density at radius 1 is 1.32 bits per heavy atom. The van der Waals surface area contributed by atoms with E-state index in [0.717, 1.165) is 29.6 Å². The van der Waals surface area contributed by atoms with Crippen molar-refractivity contribution >= 4 is 11.0 Å². The third-order valence-corrected chi connectivity index (χ3v) is 3.42.